The van der Waals surface area contributed by atoms with E-state index in [1.165, 1.54) is 0 Å². The summed E-state index contributed by atoms with van der Waals surface area (Å²) < 4.78 is 25.4. The van der Waals surface area contributed by atoms with Gasteiger partial charge in [0.25, 0.3) is 0 Å². The van der Waals surface area contributed by atoms with Crippen LogP contribution >= 0.6 is 0 Å². The van der Waals surface area contributed by atoms with Crippen LogP contribution in [0.2, 0.25) is 0 Å². The molecule has 0 radical (unpaired) electrons. The number of carbonyl (C=O) groups is 1. The van der Waals surface area contributed by atoms with Crippen molar-refractivity contribution < 1.29 is 13.2 Å². The predicted octanol–water partition coefficient (Wildman–Crippen LogP) is 4.38. The maximum absolute atomic E-state index is 13.2. The molecule has 2 aromatic carbocycles. The van der Waals surface area contributed by atoms with Gasteiger partial charge in [-0.2, -0.15) is 0 Å². The van der Waals surface area contributed by atoms with Crippen LogP contribution < -0.4 is 0 Å². The largest absolute Gasteiger partial charge is 0.298 e. The molecule has 0 amide bonds. The van der Waals surface area contributed by atoms with Crippen LogP contribution in [-0.4, -0.2) is 20.0 Å². The van der Waals surface area contributed by atoms with Gasteiger partial charge < -0.3 is 0 Å². The average molecular weight is 371 g/mol. The molecule has 1 aliphatic carbocycles. The molecule has 0 heterocycles. The lowest BCUT2D eigenvalue weighted by atomic mass is 9.67. The monoisotopic (exact) mass is 370 g/mol. The summed E-state index contributed by atoms with van der Waals surface area (Å²) in [5.74, 6) is -0.602. The lowest BCUT2D eigenvalue weighted by Gasteiger charge is -2.36. The van der Waals surface area contributed by atoms with E-state index in [1.807, 2.05) is 61.5 Å². The van der Waals surface area contributed by atoms with Gasteiger partial charge in [0.1, 0.15) is 5.75 Å². The Bertz CT molecular complexity index is 846. The second kappa shape index (κ2) is 7.75. The van der Waals surface area contributed by atoms with Crippen LogP contribution in [0, 0.1) is 6.92 Å². The van der Waals surface area contributed by atoms with Gasteiger partial charge in [0.2, 0.25) is 0 Å². The summed E-state index contributed by atoms with van der Waals surface area (Å²) in [4.78, 5) is 13.2. The molecule has 26 heavy (non-hydrogen) atoms. The van der Waals surface area contributed by atoms with Gasteiger partial charge >= 0.3 is 0 Å². The SMILES string of the molecule is Cc1ccc(CS(=O)(=O)CC(=O)C2(c3ccccc3)CCCCC2)cc1. The van der Waals surface area contributed by atoms with Crippen LogP contribution in [0.15, 0.2) is 54.6 Å². The third kappa shape index (κ3) is 4.24. The quantitative estimate of drug-likeness (QED) is 0.758. The summed E-state index contributed by atoms with van der Waals surface area (Å²) in [6.45, 7) is 1.97. The van der Waals surface area contributed by atoms with E-state index in [-0.39, 0.29) is 17.3 Å². The molecular formula is C22H26O3S. The molecule has 0 bridgehead atoms. The summed E-state index contributed by atoms with van der Waals surface area (Å²) in [6.07, 6.45) is 4.54. The molecule has 1 fully saturated rings. The molecule has 4 heteroatoms. The Morgan fingerprint density at radius 1 is 0.923 bits per heavy atom. The van der Waals surface area contributed by atoms with Crippen molar-refractivity contribution in [2.24, 2.45) is 0 Å². The van der Waals surface area contributed by atoms with Gasteiger partial charge in [-0.05, 0) is 30.9 Å². The standard InChI is InChI=1S/C22H26O3S/c1-18-10-12-19(13-11-18)16-26(24,25)17-21(23)22(14-6-3-7-15-22)20-8-4-2-5-9-20/h2,4-5,8-13H,3,6-7,14-17H2,1H3. The highest BCUT2D eigenvalue weighted by atomic mass is 32.2. The maximum Gasteiger partial charge on any atom is 0.161 e. The fourth-order valence-corrected chi connectivity index (χ4v) is 5.45. The van der Waals surface area contributed by atoms with Crippen molar-refractivity contribution in [1.29, 1.82) is 0 Å². The average Bonchev–Trinajstić information content (AvgIpc) is 2.64. The Balaban J connectivity index is 1.82. The second-order valence-electron chi connectivity index (χ2n) is 7.45. The lowest BCUT2D eigenvalue weighted by molar-refractivity contribution is -0.123. The fourth-order valence-electron chi connectivity index (χ4n) is 3.97. The minimum absolute atomic E-state index is 0.0795. The first kappa shape index (κ1) is 18.8. The molecule has 1 saturated carbocycles. The summed E-state index contributed by atoms with van der Waals surface area (Å²) in [5, 5.41) is 0. The van der Waals surface area contributed by atoms with Gasteiger partial charge in [-0.25, -0.2) is 8.42 Å². The second-order valence-corrected chi connectivity index (χ2v) is 9.51. The first-order valence-corrected chi connectivity index (χ1v) is 11.1. The normalized spacial score (nSPS) is 17.0. The smallest absolute Gasteiger partial charge is 0.161 e. The zero-order valence-electron chi connectivity index (χ0n) is 15.3. The number of benzene rings is 2. The highest BCUT2D eigenvalue weighted by molar-refractivity contribution is 7.91. The molecule has 1 aliphatic rings. The molecule has 138 valence electrons. The predicted molar refractivity (Wildman–Crippen MR) is 105 cm³/mol. The molecule has 0 aromatic heterocycles. The molecule has 3 nitrogen and oxygen atoms in total. The van der Waals surface area contributed by atoms with Crippen molar-refractivity contribution in [3.8, 4) is 0 Å². The number of rotatable bonds is 6. The molecule has 2 aromatic rings. The number of hydrogen-bond acceptors (Lipinski definition) is 3. The van der Waals surface area contributed by atoms with Gasteiger partial charge in [-0.15, -0.1) is 0 Å². The van der Waals surface area contributed by atoms with Crippen molar-refractivity contribution in [2.45, 2.75) is 50.2 Å². The summed E-state index contributed by atoms with van der Waals surface area (Å²) in [7, 11) is -3.49. The molecule has 0 saturated heterocycles. The van der Waals surface area contributed by atoms with Crippen molar-refractivity contribution in [3.63, 3.8) is 0 Å². The van der Waals surface area contributed by atoms with E-state index in [2.05, 4.69) is 0 Å². The third-order valence-electron chi connectivity index (χ3n) is 5.43. The van der Waals surface area contributed by atoms with E-state index in [4.69, 9.17) is 0 Å². The Hall–Kier alpha value is -1.94. The first-order chi connectivity index (χ1) is 12.4. The fraction of sp³-hybridized carbons (Fsp3) is 0.409. The van der Waals surface area contributed by atoms with E-state index >= 15 is 0 Å². The zero-order chi connectivity index (χ0) is 18.6. The van der Waals surface area contributed by atoms with Gasteiger partial charge in [-0.3, -0.25) is 4.79 Å². The van der Waals surface area contributed by atoms with Gasteiger partial charge in [0, 0.05) is 0 Å². The van der Waals surface area contributed by atoms with Gasteiger partial charge in [0.15, 0.2) is 15.6 Å². The number of Topliss-reactive ketones (excluding diaryl/α,β-unsaturated/α-hetero) is 1. The van der Waals surface area contributed by atoms with Crippen LogP contribution in [0.1, 0.15) is 48.8 Å². The van der Waals surface area contributed by atoms with E-state index in [9.17, 15) is 13.2 Å². The highest BCUT2D eigenvalue weighted by Crippen LogP contribution is 2.40. The van der Waals surface area contributed by atoms with Crippen LogP contribution in [-0.2, 0) is 25.8 Å². The molecule has 0 atom stereocenters. The third-order valence-corrected chi connectivity index (χ3v) is 6.90. The summed E-state index contributed by atoms with van der Waals surface area (Å²) in [5.41, 5.74) is 2.16. The molecular weight excluding hydrogens is 344 g/mol. The van der Waals surface area contributed by atoms with Crippen molar-refractivity contribution in [2.75, 3.05) is 5.75 Å². The van der Waals surface area contributed by atoms with E-state index in [0.717, 1.165) is 48.8 Å². The number of hydrogen-bond donors (Lipinski definition) is 0. The Labute approximate surface area is 156 Å². The van der Waals surface area contributed by atoms with Gasteiger partial charge in [0.05, 0.1) is 11.2 Å². The van der Waals surface area contributed by atoms with Crippen molar-refractivity contribution in [1.82, 2.24) is 0 Å². The first-order valence-electron chi connectivity index (χ1n) is 9.26. The lowest BCUT2D eigenvalue weighted by Crippen LogP contribution is -2.41. The topological polar surface area (TPSA) is 51.2 Å². The van der Waals surface area contributed by atoms with Crippen LogP contribution in [0.3, 0.4) is 0 Å². The number of carbonyl (C=O) groups excluding carboxylic acids is 1. The minimum Gasteiger partial charge on any atom is -0.298 e. The minimum atomic E-state index is -3.49. The van der Waals surface area contributed by atoms with E-state index < -0.39 is 15.3 Å². The van der Waals surface area contributed by atoms with E-state index in [1.54, 1.807) is 0 Å². The zero-order valence-corrected chi connectivity index (χ0v) is 16.1. The molecule has 0 unspecified atom stereocenters. The highest BCUT2D eigenvalue weighted by Gasteiger charge is 2.42. The Kier molecular flexibility index (Phi) is 5.61. The molecule has 0 N–H and O–H groups in total. The van der Waals surface area contributed by atoms with Crippen molar-refractivity contribution in [3.05, 3.63) is 71.3 Å². The van der Waals surface area contributed by atoms with Crippen molar-refractivity contribution >= 4 is 15.6 Å². The number of ketones is 1. The molecule has 0 spiro atoms. The molecule has 3 rings (SSSR count). The van der Waals surface area contributed by atoms with Gasteiger partial charge in [-0.1, -0.05) is 79.4 Å². The molecule has 0 aliphatic heterocycles. The van der Waals surface area contributed by atoms with E-state index in [0.29, 0.717) is 0 Å². The number of sulfone groups is 1. The Morgan fingerprint density at radius 3 is 2.15 bits per heavy atom. The Morgan fingerprint density at radius 2 is 1.54 bits per heavy atom. The summed E-state index contributed by atoms with van der Waals surface area (Å²) in [6, 6.07) is 17.2. The van der Waals surface area contributed by atoms with Crippen LogP contribution in [0.25, 0.3) is 0 Å². The van der Waals surface area contributed by atoms with Crippen LogP contribution in [0.5, 0.6) is 0 Å². The maximum atomic E-state index is 13.2. The van der Waals surface area contributed by atoms with Crippen LogP contribution in [0.4, 0.5) is 0 Å². The number of aryl methyl sites for hydroxylation is 1. The summed E-state index contributed by atoms with van der Waals surface area (Å²) >= 11 is 0.